The smallest absolute Gasteiger partial charge is 0.337 e. The molecule has 7 nitrogen and oxygen atoms in total. The molecule has 0 saturated carbocycles. The lowest BCUT2D eigenvalue weighted by Crippen LogP contribution is -2.35. The van der Waals surface area contributed by atoms with Gasteiger partial charge < -0.3 is 4.74 Å². The third-order valence-electron chi connectivity index (χ3n) is 2.10. The first-order valence-electron chi connectivity index (χ1n) is 4.96. The van der Waals surface area contributed by atoms with Crippen LogP contribution in [-0.4, -0.2) is 42.4 Å². The highest BCUT2D eigenvalue weighted by molar-refractivity contribution is 8.09. The Balaban J connectivity index is 3.32. The maximum absolute atomic E-state index is 11.5. The van der Waals surface area contributed by atoms with Gasteiger partial charge in [0.05, 0.1) is 30.9 Å². The molecule has 0 amide bonds. The lowest BCUT2D eigenvalue weighted by atomic mass is 10.2. The van der Waals surface area contributed by atoms with E-state index in [4.69, 9.17) is 0 Å². The molecule has 0 N–H and O–H groups in total. The van der Waals surface area contributed by atoms with Crippen molar-refractivity contribution in [1.82, 2.24) is 0 Å². The van der Waals surface area contributed by atoms with Crippen LogP contribution in [0.3, 0.4) is 0 Å². The van der Waals surface area contributed by atoms with Crippen molar-refractivity contribution in [2.45, 2.75) is 0 Å². The van der Waals surface area contributed by atoms with Gasteiger partial charge in [-0.15, -0.1) is 0 Å². The minimum atomic E-state index is -3.99. The van der Waals surface area contributed by atoms with Crippen molar-refractivity contribution in [2.24, 2.45) is 0 Å². The summed E-state index contributed by atoms with van der Waals surface area (Å²) in [5.41, 5.74) is 0.117. The molecular weight excluding hydrogens is 294 g/mol. The van der Waals surface area contributed by atoms with Gasteiger partial charge in [0, 0.05) is 0 Å². The van der Waals surface area contributed by atoms with Gasteiger partial charge in [-0.05, 0) is 24.3 Å². The van der Waals surface area contributed by atoms with E-state index in [1.807, 2.05) is 0 Å². The third kappa shape index (κ3) is 3.67. The van der Waals surface area contributed by atoms with E-state index in [0.29, 0.717) is 3.71 Å². The van der Waals surface area contributed by atoms with E-state index in [2.05, 4.69) is 4.74 Å². The van der Waals surface area contributed by atoms with Gasteiger partial charge in [-0.25, -0.2) is 21.6 Å². The van der Waals surface area contributed by atoms with Crippen molar-refractivity contribution in [2.75, 3.05) is 23.3 Å². The van der Waals surface area contributed by atoms with Crippen molar-refractivity contribution < 1.29 is 26.4 Å². The molecule has 0 heterocycles. The van der Waals surface area contributed by atoms with Crippen LogP contribution >= 0.6 is 0 Å². The lowest BCUT2D eigenvalue weighted by molar-refractivity contribution is 0.0600. The lowest BCUT2D eigenvalue weighted by Gasteiger charge is -2.19. The fourth-order valence-electron chi connectivity index (χ4n) is 1.47. The summed E-state index contributed by atoms with van der Waals surface area (Å²) in [6.07, 6.45) is 1.56. The number of benzene rings is 1. The summed E-state index contributed by atoms with van der Waals surface area (Å²) >= 11 is 0. The van der Waals surface area contributed by atoms with Crippen LogP contribution in [0.2, 0.25) is 0 Å². The third-order valence-corrected chi connectivity index (χ3v) is 5.35. The monoisotopic (exact) mass is 307 g/mol. The quantitative estimate of drug-likeness (QED) is 0.737. The number of hydrogen-bond acceptors (Lipinski definition) is 6. The highest BCUT2D eigenvalue weighted by Crippen LogP contribution is 2.21. The second-order valence-corrected chi connectivity index (χ2v) is 7.66. The van der Waals surface area contributed by atoms with Crippen LogP contribution in [0, 0.1) is 0 Å². The van der Waals surface area contributed by atoms with E-state index >= 15 is 0 Å². The first kappa shape index (κ1) is 15.4. The number of esters is 1. The van der Waals surface area contributed by atoms with Crippen LogP contribution in [0.5, 0.6) is 0 Å². The van der Waals surface area contributed by atoms with Gasteiger partial charge >= 0.3 is 5.97 Å². The molecule has 0 aliphatic carbocycles. The molecule has 0 aliphatic rings. The van der Waals surface area contributed by atoms with Crippen LogP contribution < -0.4 is 3.71 Å². The molecule has 0 bridgehead atoms. The molecule has 1 aromatic carbocycles. The summed E-state index contributed by atoms with van der Waals surface area (Å²) in [5, 5.41) is 0. The Hall–Kier alpha value is -1.61. The second kappa shape index (κ2) is 5.17. The van der Waals surface area contributed by atoms with E-state index in [1.165, 1.54) is 31.4 Å². The molecule has 0 fully saturated rings. The highest BCUT2D eigenvalue weighted by atomic mass is 32.3. The van der Waals surface area contributed by atoms with Crippen LogP contribution in [-0.2, 0) is 24.8 Å². The van der Waals surface area contributed by atoms with E-state index in [9.17, 15) is 21.6 Å². The molecule has 0 radical (unpaired) electrons. The predicted molar refractivity (Wildman–Crippen MR) is 69.9 cm³/mol. The maximum Gasteiger partial charge on any atom is 0.337 e. The van der Waals surface area contributed by atoms with Gasteiger partial charge in [-0.1, -0.05) is 0 Å². The number of methoxy groups -OCH3 is 1. The first-order valence-corrected chi connectivity index (χ1v) is 8.66. The molecule has 1 rings (SSSR count). The number of ether oxygens (including phenoxy) is 1. The predicted octanol–water partition coefficient (Wildman–Crippen LogP) is 0.199. The first-order chi connectivity index (χ1) is 8.57. The van der Waals surface area contributed by atoms with Crippen molar-refractivity contribution in [1.29, 1.82) is 0 Å². The van der Waals surface area contributed by atoms with Crippen molar-refractivity contribution >= 4 is 31.7 Å². The molecule has 0 aliphatic heterocycles. The molecule has 0 unspecified atom stereocenters. The topological polar surface area (TPSA) is 97.8 Å². The number of nitrogens with zero attached hydrogens (tertiary/aromatic N) is 1. The van der Waals surface area contributed by atoms with Gasteiger partial charge in [0.15, 0.2) is 0 Å². The van der Waals surface area contributed by atoms with Crippen molar-refractivity contribution in [3.05, 3.63) is 29.8 Å². The Labute approximate surface area is 111 Å². The average molecular weight is 307 g/mol. The zero-order chi connectivity index (χ0) is 14.8. The second-order valence-electron chi connectivity index (χ2n) is 3.76. The molecule has 0 aromatic heterocycles. The molecule has 19 heavy (non-hydrogen) atoms. The summed E-state index contributed by atoms with van der Waals surface area (Å²) in [7, 11) is -6.77. The van der Waals surface area contributed by atoms with Gasteiger partial charge in [0.25, 0.3) is 0 Å². The summed E-state index contributed by atoms with van der Waals surface area (Å²) in [6, 6.07) is 5.00. The SMILES string of the molecule is COC(=O)c1ccc(N(S(C)(=O)=O)S(C)(=O)=O)cc1. The fourth-order valence-corrected chi connectivity index (χ4v) is 4.44. The van der Waals surface area contributed by atoms with Crippen LogP contribution in [0.15, 0.2) is 24.3 Å². The van der Waals surface area contributed by atoms with Gasteiger partial charge in [-0.2, -0.15) is 3.71 Å². The Morgan fingerprint density at radius 2 is 1.42 bits per heavy atom. The molecule has 0 spiro atoms. The van der Waals surface area contributed by atoms with Crippen LogP contribution in [0.25, 0.3) is 0 Å². The normalized spacial score (nSPS) is 11.9. The minimum absolute atomic E-state index is 0.0716. The highest BCUT2D eigenvalue weighted by Gasteiger charge is 2.27. The molecule has 106 valence electrons. The number of carbonyl (C=O) groups is 1. The molecule has 1 aromatic rings. The standard InChI is InChI=1S/C10H13NO6S2/c1-17-10(12)8-4-6-9(7-5-8)11(18(2,13)14)19(3,15)16/h4-7H,1-3H3. The van der Waals surface area contributed by atoms with Gasteiger partial charge in [0.1, 0.15) is 0 Å². The van der Waals surface area contributed by atoms with E-state index in [-0.39, 0.29) is 11.3 Å². The molecule has 0 atom stereocenters. The number of rotatable bonds is 4. The van der Waals surface area contributed by atoms with E-state index < -0.39 is 26.0 Å². The zero-order valence-electron chi connectivity index (χ0n) is 10.5. The average Bonchev–Trinajstić information content (AvgIpc) is 2.25. The van der Waals surface area contributed by atoms with Crippen molar-refractivity contribution in [3.63, 3.8) is 0 Å². The van der Waals surface area contributed by atoms with Crippen LogP contribution in [0.4, 0.5) is 5.69 Å². The Kier molecular flexibility index (Phi) is 4.21. The van der Waals surface area contributed by atoms with Crippen molar-refractivity contribution in [3.8, 4) is 0 Å². The van der Waals surface area contributed by atoms with E-state index in [1.54, 1.807) is 0 Å². The molecule has 9 heteroatoms. The summed E-state index contributed by atoms with van der Waals surface area (Å²) in [5.74, 6) is -0.600. The number of hydrogen-bond donors (Lipinski definition) is 0. The van der Waals surface area contributed by atoms with Gasteiger partial charge in [0.2, 0.25) is 20.0 Å². The van der Waals surface area contributed by atoms with E-state index in [0.717, 1.165) is 12.5 Å². The number of anilines is 1. The van der Waals surface area contributed by atoms with Crippen LogP contribution in [0.1, 0.15) is 10.4 Å². The zero-order valence-corrected chi connectivity index (χ0v) is 12.2. The summed E-state index contributed by atoms with van der Waals surface area (Å²) in [6.45, 7) is 0. The minimum Gasteiger partial charge on any atom is -0.465 e. The molecule has 0 saturated heterocycles. The molecular formula is C10H13NO6S2. The summed E-state index contributed by atoms with van der Waals surface area (Å²) in [4.78, 5) is 11.2. The largest absolute Gasteiger partial charge is 0.465 e. The maximum atomic E-state index is 11.5. The van der Waals surface area contributed by atoms with Gasteiger partial charge in [-0.3, -0.25) is 0 Å². The Morgan fingerprint density at radius 3 is 1.74 bits per heavy atom. The number of sulfonamides is 2. The number of carbonyl (C=O) groups excluding carboxylic acids is 1. The fraction of sp³-hybridized carbons (Fsp3) is 0.300. The Bertz CT molecular complexity index is 643. The summed E-state index contributed by atoms with van der Waals surface area (Å²) < 4.78 is 50.8. The Morgan fingerprint density at radius 1 is 1.00 bits per heavy atom.